The van der Waals surface area contributed by atoms with Gasteiger partial charge in [-0.3, -0.25) is 4.79 Å². The fraction of sp³-hybridized carbons (Fsp3) is 0.320. The van der Waals surface area contributed by atoms with Crippen molar-refractivity contribution in [2.45, 2.75) is 20.8 Å². The van der Waals surface area contributed by atoms with Gasteiger partial charge in [0.1, 0.15) is 5.75 Å². The SMILES string of the molecule is COc1ccccc1C(=O)N1CCN(c2ccc(-c3cc(C)c(C)cc3C)nn2)CC1. The van der Waals surface area contributed by atoms with E-state index >= 15 is 0 Å². The first-order chi connectivity index (χ1) is 15.0. The molecule has 3 aromatic rings. The van der Waals surface area contributed by atoms with Crippen molar-refractivity contribution >= 4 is 11.7 Å². The van der Waals surface area contributed by atoms with Gasteiger partial charge in [0.2, 0.25) is 0 Å². The number of para-hydroxylation sites is 1. The molecule has 1 aromatic heterocycles. The van der Waals surface area contributed by atoms with E-state index in [9.17, 15) is 4.79 Å². The smallest absolute Gasteiger partial charge is 0.257 e. The molecule has 0 saturated carbocycles. The fourth-order valence-corrected chi connectivity index (χ4v) is 4.00. The molecule has 4 rings (SSSR count). The van der Waals surface area contributed by atoms with E-state index in [-0.39, 0.29) is 5.91 Å². The molecule has 31 heavy (non-hydrogen) atoms. The zero-order chi connectivity index (χ0) is 22.0. The van der Waals surface area contributed by atoms with Crippen molar-refractivity contribution in [2.24, 2.45) is 0 Å². The number of aromatic nitrogens is 2. The summed E-state index contributed by atoms with van der Waals surface area (Å²) >= 11 is 0. The highest BCUT2D eigenvalue weighted by atomic mass is 16.5. The van der Waals surface area contributed by atoms with Crippen molar-refractivity contribution in [1.82, 2.24) is 15.1 Å². The highest BCUT2D eigenvalue weighted by Crippen LogP contribution is 2.26. The van der Waals surface area contributed by atoms with Crippen LogP contribution < -0.4 is 9.64 Å². The van der Waals surface area contributed by atoms with Crippen molar-refractivity contribution in [3.8, 4) is 17.0 Å². The Hall–Kier alpha value is -3.41. The number of rotatable bonds is 4. The number of carbonyl (C=O) groups excluding carboxylic acids is 1. The topological polar surface area (TPSA) is 58.6 Å². The molecule has 1 amide bonds. The van der Waals surface area contributed by atoms with Gasteiger partial charge < -0.3 is 14.5 Å². The molecule has 1 fully saturated rings. The van der Waals surface area contributed by atoms with Crippen molar-refractivity contribution in [3.05, 3.63) is 70.8 Å². The number of hydrogen-bond donors (Lipinski definition) is 0. The highest BCUT2D eigenvalue weighted by molar-refractivity contribution is 5.97. The number of amides is 1. The molecule has 0 radical (unpaired) electrons. The number of methoxy groups -OCH3 is 1. The van der Waals surface area contributed by atoms with E-state index in [1.54, 1.807) is 7.11 Å². The summed E-state index contributed by atoms with van der Waals surface area (Å²) in [7, 11) is 1.59. The quantitative estimate of drug-likeness (QED) is 0.642. The molecule has 0 aliphatic carbocycles. The highest BCUT2D eigenvalue weighted by Gasteiger charge is 2.25. The number of ether oxygens (including phenoxy) is 1. The molecular formula is C25H28N4O2. The summed E-state index contributed by atoms with van der Waals surface area (Å²) < 4.78 is 5.34. The molecule has 2 aromatic carbocycles. The van der Waals surface area contributed by atoms with Gasteiger partial charge in [-0.05, 0) is 67.8 Å². The zero-order valence-corrected chi connectivity index (χ0v) is 18.6. The largest absolute Gasteiger partial charge is 0.496 e. The number of benzene rings is 2. The first-order valence-corrected chi connectivity index (χ1v) is 10.6. The molecule has 160 valence electrons. The van der Waals surface area contributed by atoms with E-state index in [0.717, 1.165) is 30.2 Å². The van der Waals surface area contributed by atoms with E-state index in [1.807, 2.05) is 41.3 Å². The Kier molecular flexibility index (Phi) is 5.89. The Morgan fingerprint density at radius 2 is 1.58 bits per heavy atom. The normalized spacial score (nSPS) is 13.9. The average molecular weight is 417 g/mol. The van der Waals surface area contributed by atoms with Crippen LogP contribution in [0.5, 0.6) is 5.75 Å². The maximum atomic E-state index is 12.9. The van der Waals surface area contributed by atoms with Crippen molar-refractivity contribution in [1.29, 1.82) is 0 Å². The van der Waals surface area contributed by atoms with Crippen LogP contribution in [0.15, 0.2) is 48.5 Å². The minimum atomic E-state index is 0.00347. The lowest BCUT2D eigenvalue weighted by Gasteiger charge is -2.35. The standard InChI is InChI=1S/C25H28N4O2/c1-17-15-19(3)21(16-18(17)2)22-9-10-24(27-26-22)28-11-13-29(14-12-28)25(30)20-7-5-6-8-23(20)31-4/h5-10,15-16H,11-14H2,1-4H3. The monoisotopic (exact) mass is 416 g/mol. The number of piperazine rings is 1. The first kappa shape index (κ1) is 20.8. The molecule has 1 aliphatic rings. The van der Waals surface area contributed by atoms with Crippen LogP contribution in [0.1, 0.15) is 27.0 Å². The van der Waals surface area contributed by atoms with Gasteiger partial charge in [-0.25, -0.2) is 0 Å². The average Bonchev–Trinajstić information content (AvgIpc) is 2.81. The lowest BCUT2D eigenvalue weighted by Crippen LogP contribution is -2.49. The lowest BCUT2D eigenvalue weighted by atomic mass is 9.99. The Bertz CT molecular complexity index is 1090. The summed E-state index contributed by atoms with van der Waals surface area (Å²) in [4.78, 5) is 17.0. The molecule has 6 heteroatoms. The van der Waals surface area contributed by atoms with E-state index in [0.29, 0.717) is 24.4 Å². The van der Waals surface area contributed by atoms with Crippen molar-refractivity contribution in [2.75, 3.05) is 38.2 Å². The van der Waals surface area contributed by atoms with Gasteiger partial charge in [0, 0.05) is 31.7 Å². The van der Waals surface area contributed by atoms with Gasteiger partial charge in [0.25, 0.3) is 5.91 Å². The number of anilines is 1. The molecule has 0 bridgehead atoms. The number of carbonyl (C=O) groups is 1. The summed E-state index contributed by atoms with van der Waals surface area (Å²) in [6.07, 6.45) is 0. The van der Waals surface area contributed by atoms with Gasteiger partial charge in [0.05, 0.1) is 18.4 Å². The molecule has 0 unspecified atom stereocenters. The Balaban J connectivity index is 1.44. The molecule has 2 heterocycles. The molecule has 1 saturated heterocycles. The molecule has 6 nitrogen and oxygen atoms in total. The molecular weight excluding hydrogens is 388 g/mol. The zero-order valence-electron chi connectivity index (χ0n) is 18.6. The summed E-state index contributed by atoms with van der Waals surface area (Å²) in [5.74, 6) is 1.45. The predicted octanol–water partition coefficient (Wildman–Crippen LogP) is 4.04. The van der Waals surface area contributed by atoms with E-state index in [1.165, 1.54) is 16.7 Å². The molecule has 0 spiro atoms. The van der Waals surface area contributed by atoms with Gasteiger partial charge in [-0.15, -0.1) is 10.2 Å². The lowest BCUT2D eigenvalue weighted by molar-refractivity contribution is 0.0743. The van der Waals surface area contributed by atoms with Crippen LogP contribution in [-0.4, -0.2) is 54.3 Å². The third-order valence-electron chi connectivity index (χ3n) is 6.00. The van der Waals surface area contributed by atoms with Crippen LogP contribution in [0.3, 0.4) is 0 Å². The number of aryl methyl sites for hydroxylation is 3. The maximum Gasteiger partial charge on any atom is 0.257 e. The second kappa shape index (κ2) is 8.76. The summed E-state index contributed by atoms with van der Waals surface area (Å²) in [5, 5.41) is 8.97. The van der Waals surface area contributed by atoms with Gasteiger partial charge >= 0.3 is 0 Å². The van der Waals surface area contributed by atoms with Gasteiger partial charge in [-0.1, -0.05) is 18.2 Å². The van der Waals surface area contributed by atoms with Crippen LogP contribution in [0.4, 0.5) is 5.82 Å². The van der Waals surface area contributed by atoms with Crippen LogP contribution >= 0.6 is 0 Å². The van der Waals surface area contributed by atoms with Crippen molar-refractivity contribution < 1.29 is 9.53 Å². The summed E-state index contributed by atoms with van der Waals surface area (Å²) in [5.41, 5.74) is 6.34. The number of nitrogens with zero attached hydrogens (tertiary/aromatic N) is 4. The number of hydrogen-bond acceptors (Lipinski definition) is 5. The Morgan fingerprint density at radius 3 is 2.26 bits per heavy atom. The molecule has 0 N–H and O–H groups in total. The van der Waals surface area contributed by atoms with Crippen LogP contribution in [0, 0.1) is 20.8 Å². The van der Waals surface area contributed by atoms with Crippen LogP contribution in [-0.2, 0) is 0 Å². The second-order valence-electron chi connectivity index (χ2n) is 8.01. The third-order valence-corrected chi connectivity index (χ3v) is 6.00. The minimum absolute atomic E-state index is 0.00347. The summed E-state index contributed by atoms with van der Waals surface area (Å²) in [6, 6.07) is 15.8. The Morgan fingerprint density at radius 1 is 0.871 bits per heavy atom. The maximum absolute atomic E-state index is 12.9. The van der Waals surface area contributed by atoms with Crippen LogP contribution in [0.2, 0.25) is 0 Å². The summed E-state index contributed by atoms with van der Waals surface area (Å²) in [6.45, 7) is 9.06. The fourth-order valence-electron chi connectivity index (χ4n) is 4.00. The molecule has 0 atom stereocenters. The van der Waals surface area contributed by atoms with E-state index < -0.39 is 0 Å². The first-order valence-electron chi connectivity index (χ1n) is 10.6. The minimum Gasteiger partial charge on any atom is -0.496 e. The third kappa shape index (κ3) is 4.24. The van der Waals surface area contributed by atoms with Crippen molar-refractivity contribution in [3.63, 3.8) is 0 Å². The molecule has 1 aliphatic heterocycles. The van der Waals surface area contributed by atoms with Gasteiger partial charge in [0.15, 0.2) is 5.82 Å². The second-order valence-corrected chi connectivity index (χ2v) is 8.01. The van der Waals surface area contributed by atoms with Gasteiger partial charge in [-0.2, -0.15) is 0 Å². The van der Waals surface area contributed by atoms with Crippen LogP contribution in [0.25, 0.3) is 11.3 Å². The predicted molar refractivity (Wildman–Crippen MR) is 123 cm³/mol. The van der Waals surface area contributed by atoms with E-state index in [4.69, 9.17) is 4.74 Å². The van der Waals surface area contributed by atoms with E-state index in [2.05, 4.69) is 48.0 Å². The Labute approximate surface area is 183 Å².